The summed E-state index contributed by atoms with van der Waals surface area (Å²) in [5, 5.41) is 12.5. The van der Waals surface area contributed by atoms with Gasteiger partial charge in [0, 0.05) is 38.4 Å². The van der Waals surface area contributed by atoms with Gasteiger partial charge in [0.1, 0.15) is 29.6 Å². The standard InChI is InChI=1S/C18H22F2N4O/c19-15-6-13(7-16(20)8-15)3-4-21-17-9-18(23-12-22-17)24-5-1-2-14(10-24)11-25/h6-9,12,14,25H,1-5,10-11H2,(H,21,22,23). The third-order valence-electron chi connectivity index (χ3n) is 4.40. The first-order valence-electron chi connectivity index (χ1n) is 8.51. The van der Waals surface area contributed by atoms with Gasteiger partial charge in [0.15, 0.2) is 0 Å². The maximum absolute atomic E-state index is 13.2. The van der Waals surface area contributed by atoms with Crippen LogP contribution in [0.5, 0.6) is 0 Å². The number of hydrogen-bond acceptors (Lipinski definition) is 5. The number of aliphatic hydroxyl groups excluding tert-OH is 1. The van der Waals surface area contributed by atoms with Crippen LogP contribution in [0, 0.1) is 17.6 Å². The lowest BCUT2D eigenvalue weighted by Gasteiger charge is -2.32. The van der Waals surface area contributed by atoms with Gasteiger partial charge in [-0.1, -0.05) is 0 Å². The van der Waals surface area contributed by atoms with Crippen molar-refractivity contribution >= 4 is 11.6 Å². The summed E-state index contributed by atoms with van der Waals surface area (Å²) in [4.78, 5) is 10.7. The lowest BCUT2D eigenvalue weighted by Crippen LogP contribution is -2.37. The molecule has 25 heavy (non-hydrogen) atoms. The van der Waals surface area contributed by atoms with Crippen LogP contribution in [-0.2, 0) is 6.42 Å². The largest absolute Gasteiger partial charge is 0.396 e. The zero-order valence-corrected chi connectivity index (χ0v) is 14.0. The van der Waals surface area contributed by atoms with E-state index in [0.29, 0.717) is 24.3 Å². The molecule has 2 N–H and O–H groups in total. The molecule has 1 aromatic carbocycles. The molecule has 0 aliphatic carbocycles. The summed E-state index contributed by atoms with van der Waals surface area (Å²) in [6, 6.07) is 5.40. The molecule has 1 aliphatic heterocycles. The molecule has 0 bridgehead atoms. The summed E-state index contributed by atoms with van der Waals surface area (Å²) in [7, 11) is 0. The molecular formula is C18H22F2N4O. The SMILES string of the molecule is OCC1CCCN(c2cc(NCCc3cc(F)cc(F)c3)ncn2)C1. The lowest BCUT2D eigenvalue weighted by atomic mass is 9.99. The van der Waals surface area contributed by atoms with Crippen LogP contribution < -0.4 is 10.2 Å². The monoisotopic (exact) mass is 348 g/mol. The number of aromatic nitrogens is 2. The number of aliphatic hydroxyl groups is 1. The van der Waals surface area contributed by atoms with E-state index in [4.69, 9.17) is 0 Å². The van der Waals surface area contributed by atoms with E-state index in [0.717, 1.165) is 37.8 Å². The van der Waals surface area contributed by atoms with Gasteiger partial charge in [-0.25, -0.2) is 18.7 Å². The molecule has 1 saturated heterocycles. The normalized spacial score (nSPS) is 17.6. The number of rotatable bonds is 6. The number of halogens is 2. The first-order valence-corrected chi connectivity index (χ1v) is 8.51. The van der Waals surface area contributed by atoms with Crippen LogP contribution in [0.2, 0.25) is 0 Å². The molecule has 0 radical (unpaired) electrons. The Bertz CT molecular complexity index is 693. The molecule has 1 aliphatic rings. The van der Waals surface area contributed by atoms with E-state index in [1.165, 1.54) is 18.5 Å². The zero-order chi connectivity index (χ0) is 17.6. The molecule has 1 unspecified atom stereocenters. The molecule has 3 rings (SSSR count). The molecule has 0 spiro atoms. The van der Waals surface area contributed by atoms with Crippen molar-refractivity contribution < 1.29 is 13.9 Å². The maximum atomic E-state index is 13.2. The summed E-state index contributed by atoms with van der Waals surface area (Å²) < 4.78 is 26.4. The fraction of sp³-hybridized carbons (Fsp3) is 0.444. The van der Waals surface area contributed by atoms with Gasteiger partial charge in [0.05, 0.1) is 0 Å². The van der Waals surface area contributed by atoms with Crippen LogP contribution in [0.15, 0.2) is 30.6 Å². The van der Waals surface area contributed by atoms with Gasteiger partial charge in [-0.05, 0) is 42.9 Å². The summed E-state index contributed by atoms with van der Waals surface area (Å²) in [6.45, 7) is 2.40. The number of benzene rings is 1. The Morgan fingerprint density at radius 1 is 1.16 bits per heavy atom. The van der Waals surface area contributed by atoms with Crippen molar-refractivity contribution in [1.82, 2.24) is 9.97 Å². The minimum atomic E-state index is -0.567. The van der Waals surface area contributed by atoms with Crippen LogP contribution in [0.25, 0.3) is 0 Å². The Morgan fingerprint density at radius 3 is 2.72 bits per heavy atom. The van der Waals surface area contributed by atoms with Crippen LogP contribution in [0.1, 0.15) is 18.4 Å². The molecule has 1 atom stereocenters. The van der Waals surface area contributed by atoms with Gasteiger partial charge < -0.3 is 15.3 Å². The van der Waals surface area contributed by atoms with Crippen molar-refractivity contribution in [2.75, 3.05) is 36.5 Å². The van der Waals surface area contributed by atoms with E-state index in [1.807, 2.05) is 6.07 Å². The molecule has 7 heteroatoms. The molecule has 1 fully saturated rings. The molecular weight excluding hydrogens is 326 g/mol. The second kappa shape index (κ2) is 8.20. The van der Waals surface area contributed by atoms with E-state index in [1.54, 1.807) is 0 Å². The van der Waals surface area contributed by atoms with Crippen LogP contribution >= 0.6 is 0 Å². The predicted octanol–water partition coefficient (Wildman–Crippen LogP) is 2.62. The van der Waals surface area contributed by atoms with Crippen molar-refractivity contribution in [3.63, 3.8) is 0 Å². The lowest BCUT2D eigenvalue weighted by molar-refractivity contribution is 0.208. The van der Waals surface area contributed by atoms with Crippen molar-refractivity contribution in [2.24, 2.45) is 5.92 Å². The highest BCUT2D eigenvalue weighted by atomic mass is 19.1. The van der Waals surface area contributed by atoms with E-state index in [9.17, 15) is 13.9 Å². The molecule has 0 amide bonds. The van der Waals surface area contributed by atoms with Gasteiger partial charge in [-0.2, -0.15) is 0 Å². The van der Waals surface area contributed by atoms with E-state index < -0.39 is 11.6 Å². The van der Waals surface area contributed by atoms with Gasteiger partial charge in [-0.3, -0.25) is 0 Å². The highest BCUT2D eigenvalue weighted by molar-refractivity contribution is 5.48. The zero-order valence-electron chi connectivity index (χ0n) is 14.0. The number of nitrogens with zero attached hydrogens (tertiary/aromatic N) is 3. The first kappa shape index (κ1) is 17.5. The van der Waals surface area contributed by atoms with Crippen molar-refractivity contribution in [2.45, 2.75) is 19.3 Å². The van der Waals surface area contributed by atoms with Crippen molar-refractivity contribution in [1.29, 1.82) is 0 Å². The van der Waals surface area contributed by atoms with E-state index >= 15 is 0 Å². The average Bonchev–Trinajstić information content (AvgIpc) is 2.61. The van der Waals surface area contributed by atoms with Crippen LogP contribution in [0.3, 0.4) is 0 Å². The summed E-state index contributed by atoms with van der Waals surface area (Å²) >= 11 is 0. The van der Waals surface area contributed by atoms with Gasteiger partial charge >= 0.3 is 0 Å². The third kappa shape index (κ3) is 4.85. The minimum Gasteiger partial charge on any atom is -0.396 e. The smallest absolute Gasteiger partial charge is 0.134 e. The topological polar surface area (TPSA) is 61.3 Å². The van der Waals surface area contributed by atoms with E-state index in [-0.39, 0.29) is 12.5 Å². The molecule has 2 heterocycles. The Labute approximate surface area is 145 Å². The average molecular weight is 348 g/mol. The molecule has 2 aromatic rings. The highest BCUT2D eigenvalue weighted by Crippen LogP contribution is 2.22. The number of piperidine rings is 1. The van der Waals surface area contributed by atoms with Crippen LogP contribution in [0.4, 0.5) is 20.4 Å². The Morgan fingerprint density at radius 2 is 1.96 bits per heavy atom. The second-order valence-corrected chi connectivity index (χ2v) is 6.35. The Balaban J connectivity index is 1.58. The second-order valence-electron chi connectivity index (χ2n) is 6.35. The predicted molar refractivity (Wildman–Crippen MR) is 92.6 cm³/mol. The summed E-state index contributed by atoms with van der Waals surface area (Å²) in [5.74, 6) is 0.647. The number of nitrogens with one attached hydrogen (secondary N) is 1. The van der Waals surface area contributed by atoms with Gasteiger partial charge in [-0.15, -0.1) is 0 Å². The maximum Gasteiger partial charge on any atom is 0.134 e. The van der Waals surface area contributed by atoms with Crippen molar-refractivity contribution in [3.8, 4) is 0 Å². The molecule has 0 saturated carbocycles. The summed E-state index contributed by atoms with van der Waals surface area (Å²) in [5.41, 5.74) is 0.598. The molecule has 1 aromatic heterocycles. The van der Waals surface area contributed by atoms with Crippen LogP contribution in [-0.4, -0.2) is 41.3 Å². The molecule has 134 valence electrons. The van der Waals surface area contributed by atoms with Crippen molar-refractivity contribution in [3.05, 3.63) is 47.8 Å². The fourth-order valence-electron chi connectivity index (χ4n) is 3.13. The van der Waals surface area contributed by atoms with Gasteiger partial charge in [0.2, 0.25) is 0 Å². The number of anilines is 2. The Kier molecular flexibility index (Phi) is 5.75. The number of hydrogen-bond donors (Lipinski definition) is 2. The minimum absolute atomic E-state index is 0.191. The first-order chi connectivity index (χ1) is 12.1. The Hall–Kier alpha value is -2.28. The quantitative estimate of drug-likeness (QED) is 0.840. The van der Waals surface area contributed by atoms with E-state index in [2.05, 4.69) is 20.2 Å². The fourth-order valence-corrected chi connectivity index (χ4v) is 3.13. The summed E-state index contributed by atoms with van der Waals surface area (Å²) in [6.07, 6.45) is 4.06. The molecule has 5 nitrogen and oxygen atoms in total. The van der Waals surface area contributed by atoms with Gasteiger partial charge in [0.25, 0.3) is 0 Å². The third-order valence-corrected chi connectivity index (χ3v) is 4.40. The highest BCUT2D eigenvalue weighted by Gasteiger charge is 2.20.